The molecule has 2 aromatic rings. The lowest BCUT2D eigenvalue weighted by atomic mass is 9.86. The SMILES string of the molecule is CCNc1nnc(SCC(=O)c2ccc(C(C)(C)C)cc2)s1. The summed E-state index contributed by atoms with van der Waals surface area (Å²) in [6, 6.07) is 7.89. The molecule has 0 amide bonds. The van der Waals surface area contributed by atoms with Gasteiger partial charge in [-0.3, -0.25) is 4.79 Å². The highest BCUT2D eigenvalue weighted by Crippen LogP contribution is 2.26. The van der Waals surface area contributed by atoms with E-state index in [1.165, 1.54) is 28.7 Å². The fourth-order valence-corrected chi connectivity index (χ4v) is 3.57. The Kier molecular flexibility index (Phi) is 5.58. The van der Waals surface area contributed by atoms with Crippen LogP contribution in [0.1, 0.15) is 43.6 Å². The summed E-state index contributed by atoms with van der Waals surface area (Å²) >= 11 is 2.91. The molecule has 0 spiro atoms. The Balaban J connectivity index is 1.94. The topological polar surface area (TPSA) is 54.9 Å². The van der Waals surface area contributed by atoms with Gasteiger partial charge in [-0.05, 0) is 17.9 Å². The minimum atomic E-state index is 0.103. The van der Waals surface area contributed by atoms with Crippen LogP contribution in [-0.4, -0.2) is 28.3 Å². The van der Waals surface area contributed by atoms with E-state index in [1.807, 2.05) is 31.2 Å². The van der Waals surface area contributed by atoms with Crippen molar-refractivity contribution in [2.45, 2.75) is 37.4 Å². The number of benzene rings is 1. The van der Waals surface area contributed by atoms with Gasteiger partial charge in [-0.25, -0.2) is 0 Å². The molecular weight excluding hydrogens is 314 g/mol. The van der Waals surface area contributed by atoms with Crippen molar-refractivity contribution in [3.05, 3.63) is 35.4 Å². The Bertz CT molecular complexity index is 630. The Labute approximate surface area is 139 Å². The second-order valence-electron chi connectivity index (χ2n) is 5.94. The van der Waals surface area contributed by atoms with Crippen molar-refractivity contribution in [3.8, 4) is 0 Å². The molecule has 0 aliphatic heterocycles. The van der Waals surface area contributed by atoms with Crippen molar-refractivity contribution in [1.82, 2.24) is 10.2 Å². The summed E-state index contributed by atoms with van der Waals surface area (Å²) in [5, 5.41) is 12.0. The molecule has 0 radical (unpaired) electrons. The van der Waals surface area contributed by atoms with Gasteiger partial charge >= 0.3 is 0 Å². The first-order valence-electron chi connectivity index (χ1n) is 7.24. The van der Waals surface area contributed by atoms with Gasteiger partial charge in [-0.1, -0.05) is 68.1 Å². The van der Waals surface area contributed by atoms with Gasteiger partial charge < -0.3 is 5.32 Å². The van der Waals surface area contributed by atoms with E-state index in [-0.39, 0.29) is 11.2 Å². The first-order valence-corrected chi connectivity index (χ1v) is 9.04. The number of nitrogens with zero attached hydrogens (tertiary/aromatic N) is 2. The molecule has 1 aromatic carbocycles. The number of anilines is 1. The summed E-state index contributed by atoms with van der Waals surface area (Å²) < 4.78 is 0.815. The summed E-state index contributed by atoms with van der Waals surface area (Å²) in [5.74, 6) is 0.501. The summed E-state index contributed by atoms with van der Waals surface area (Å²) in [6.07, 6.45) is 0. The van der Waals surface area contributed by atoms with E-state index in [4.69, 9.17) is 0 Å². The molecule has 0 unspecified atom stereocenters. The molecular formula is C16H21N3OS2. The van der Waals surface area contributed by atoms with Gasteiger partial charge in [0.15, 0.2) is 10.1 Å². The molecule has 0 bridgehead atoms. The second-order valence-corrected chi connectivity index (χ2v) is 8.14. The number of ketones is 1. The Morgan fingerprint density at radius 1 is 1.23 bits per heavy atom. The molecule has 118 valence electrons. The van der Waals surface area contributed by atoms with Crippen LogP contribution >= 0.6 is 23.1 Å². The highest BCUT2D eigenvalue weighted by molar-refractivity contribution is 8.01. The molecule has 0 fully saturated rings. The maximum absolute atomic E-state index is 12.2. The van der Waals surface area contributed by atoms with Crippen LogP contribution in [-0.2, 0) is 5.41 Å². The number of carbonyl (C=O) groups is 1. The van der Waals surface area contributed by atoms with Gasteiger partial charge in [0.05, 0.1) is 5.75 Å². The molecule has 2 rings (SSSR count). The van der Waals surface area contributed by atoms with Crippen LogP contribution in [0.3, 0.4) is 0 Å². The molecule has 0 saturated heterocycles. The van der Waals surface area contributed by atoms with Crippen molar-refractivity contribution in [2.75, 3.05) is 17.6 Å². The molecule has 1 heterocycles. The fraction of sp³-hybridized carbons (Fsp3) is 0.438. The summed E-state index contributed by atoms with van der Waals surface area (Å²) in [5.41, 5.74) is 2.08. The van der Waals surface area contributed by atoms with Gasteiger partial charge in [-0.15, -0.1) is 10.2 Å². The Hall–Kier alpha value is -1.40. The molecule has 0 aliphatic carbocycles. The zero-order valence-corrected chi connectivity index (χ0v) is 15.0. The van der Waals surface area contributed by atoms with Crippen molar-refractivity contribution in [1.29, 1.82) is 0 Å². The third-order valence-corrected chi connectivity index (χ3v) is 5.15. The number of rotatable bonds is 6. The first kappa shape index (κ1) is 17.0. The van der Waals surface area contributed by atoms with Crippen molar-refractivity contribution in [3.63, 3.8) is 0 Å². The monoisotopic (exact) mass is 335 g/mol. The van der Waals surface area contributed by atoms with Gasteiger partial charge in [-0.2, -0.15) is 0 Å². The molecule has 4 nitrogen and oxygen atoms in total. The quantitative estimate of drug-likeness (QED) is 0.632. The van der Waals surface area contributed by atoms with Gasteiger partial charge in [0.25, 0.3) is 0 Å². The standard InChI is InChI=1S/C16H21N3OS2/c1-5-17-14-18-19-15(22-14)21-10-13(20)11-6-8-12(9-7-11)16(2,3)4/h6-9H,5,10H2,1-4H3,(H,17,18). The predicted molar refractivity (Wildman–Crippen MR) is 94.3 cm³/mol. The van der Waals surface area contributed by atoms with Gasteiger partial charge in [0, 0.05) is 12.1 Å². The molecule has 0 atom stereocenters. The van der Waals surface area contributed by atoms with Crippen LogP contribution in [0.25, 0.3) is 0 Å². The van der Waals surface area contributed by atoms with E-state index in [0.717, 1.165) is 21.6 Å². The first-order chi connectivity index (χ1) is 10.4. The van der Waals surface area contributed by atoms with Crippen LogP contribution in [0.4, 0.5) is 5.13 Å². The molecule has 6 heteroatoms. The van der Waals surface area contributed by atoms with Crippen molar-refractivity contribution < 1.29 is 4.79 Å². The van der Waals surface area contributed by atoms with Crippen molar-refractivity contribution in [2.24, 2.45) is 0 Å². The van der Waals surface area contributed by atoms with Gasteiger partial charge in [0.1, 0.15) is 0 Å². The van der Waals surface area contributed by atoms with Crippen LogP contribution < -0.4 is 5.32 Å². The second kappa shape index (κ2) is 7.24. The minimum Gasteiger partial charge on any atom is -0.360 e. The highest BCUT2D eigenvalue weighted by Gasteiger charge is 2.15. The zero-order chi connectivity index (χ0) is 16.2. The number of carbonyl (C=O) groups excluding carboxylic acids is 1. The third-order valence-electron chi connectivity index (χ3n) is 3.13. The number of nitrogens with one attached hydrogen (secondary N) is 1. The number of aromatic nitrogens is 2. The predicted octanol–water partition coefficient (Wildman–Crippen LogP) is 4.24. The Morgan fingerprint density at radius 2 is 1.91 bits per heavy atom. The molecule has 0 aliphatic rings. The average Bonchev–Trinajstić information content (AvgIpc) is 2.92. The maximum atomic E-state index is 12.2. The summed E-state index contributed by atoms with van der Waals surface area (Å²) in [4.78, 5) is 12.2. The number of hydrogen-bond donors (Lipinski definition) is 1. The number of Topliss-reactive ketones (excluding diaryl/α,β-unsaturated/α-hetero) is 1. The zero-order valence-electron chi connectivity index (χ0n) is 13.3. The number of thioether (sulfide) groups is 1. The summed E-state index contributed by atoms with van der Waals surface area (Å²) in [6.45, 7) is 9.32. The van der Waals surface area contributed by atoms with E-state index in [1.54, 1.807) is 0 Å². The molecule has 22 heavy (non-hydrogen) atoms. The van der Waals surface area contributed by atoms with E-state index in [0.29, 0.717) is 5.75 Å². The lowest BCUT2D eigenvalue weighted by Crippen LogP contribution is -2.11. The maximum Gasteiger partial charge on any atom is 0.206 e. The van der Waals surface area contributed by atoms with Crippen LogP contribution in [0.2, 0.25) is 0 Å². The van der Waals surface area contributed by atoms with E-state index in [9.17, 15) is 4.79 Å². The average molecular weight is 335 g/mol. The lowest BCUT2D eigenvalue weighted by molar-refractivity contribution is 0.102. The normalized spacial score (nSPS) is 11.5. The van der Waals surface area contributed by atoms with E-state index in [2.05, 4.69) is 36.3 Å². The van der Waals surface area contributed by atoms with Crippen molar-refractivity contribution >= 4 is 34.0 Å². The Morgan fingerprint density at radius 3 is 2.50 bits per heavy atom. The third kappa shape index (κ3) is 4.55. The minimum absolute atomic E-state index is 0.103. The smallest absolute Gasteiger partial charge is 0.206 e. The molecule has 0 saturated carbocycles. The fourth-order valence-electron chi connectivity index (χ4n) is 1.86. The van der Waals surface area contributed by atoms with Crippen LogP contribution in [0.15, 0.2) is 28.6 Å². The molecule has 1 N–H and O–H groups in total. The van der Waals surface area contributed by atoms with Crippen LogP contribution in [0.5, 0.6) is 0 Å². The largest absolute Gasteiger partial charge is 0.360 e. The highest BCUT2D eigenvalue weighted by atomic mass is 32.2. The number of hydrogen-bond acceptors (Lipinski definition) is 6. The lowest BCUT2D eigenvalue weighted by Gasteiger charge is -2.18. The van der Waals surface area contributed by atoms with Gasteiger partial charge in [0.2, 0.25) is 5.13 Å². The summed E-state index contributed by atoms with van der Waals surface area (Å²) in [7, 11) is 0. The molecule has 1 aromatic heterocycles. The van der Waals surface area contributed by atoms with E-state index < -0.39 is 0 Å². The van der Waals surface area contributed by atoms with E-state index >= 15 is 0 Å². The van der Waals surface area contributed by atoms with Crippen LogP contribution in [0, 0.1) is 0 Å².